The summed E-state index contributed by atoms with van der Waals surface area (Å²) in [4.78, 5) is 43.9. The van der Waals surface area contributed by atoms with Crippen LogP contribution in [0.1, 0.15) is 27.9 Å². The summed E-state index contributed by atoms with van der Waals surface area (Å²) < 4.78 is 15.8. The van der Waals surface area contributed by atoms with E-state index in [-0.39, 0.29) is 31.2 Å². The second-order valence-electron chi connectivity index (χ2n) is 10.6. The van der Waals surface area contributed by atoms with Crippen LogP contribution in [-0.4, -0.2) is 69.0 Å². The van der Waals surface area contributed by atoms with Gasteiger partial charge in [-0.25, -0.2) is 4.39 Å². The number of hydrogen-bond donors (Lipinski definition) is 2. The van der Waals surface area contributed by atoms with Crippen LogP contribution in [0, 0.1) is 5.82 Å². The van der Waals surface area contributed by atoms with Crippen LogP contribution in [0.5, 0.6) is 0 Å². The molecule has 4 aromatic rings. The van der Waals surface area contributed by atoms with E-state index < -0.39 is 29.9 Å². The van der Waals surface area contributed by atoms with E-state index in [4.69, 9.17) is 0 Å². The summed E-state index contributed by atoms with van der Waals surface area (Å²) in [6, 6.07) is 20.9. The van der Waals surface area contributed by atoms with Crippen molar-refractivity contribution in [2.75, 3.05) is 13.6 Å². The van der Waals surface area contributed by atoms with Crippen molar-refractivity contribution in [3.8, 4) is 0 Å². The number of fused-ring (bicyclic) bond motifs is 1. The average molecular weight is 557 g/mol. The van der Waals surface area contributed by atoms with Gasteiger partial charge in [-0.1, -0.05) is 60.7 Å². The van der Waals surface area contributed by atoms with Gasteiger partial charge in [-0.2, -0.15) is 0 Å². The van der Waals surface area contributed by atoms with Gasteiger partial charge < -0.3 is 24.8 Å². The number of carbonyl (C=O) groups is 3. The fourth-order valence-corrected chi connectivity index (χ4v) is 5.52. The first-order chi connectivity index (χ1) is 19.7. The van der Waals surface area contributed by atoms with Crippen molar-refractivity contribution in [2.45, 2.75) is 37.6 Å². The number of aliphatic hydroxyl groups is 1. The van der Waals surface area contributed by atoms with E-state index in [1.807, 2.05) is 66.2 Å². The lowest BCUT2D eigenvalue weighted by molar-refractivity contribution is -0.136. The third-order valence-electron chi connectivity index (χ3n) is 7.55. The topological polar surface area (TPSA) is 94.9 Å². The highest BCUT2D eigenvalue weighted by Crippen LogP contribution is 2.26. The Balaban J connectivity index is 1.38. The van der Waals surface area contributed by atoms with Crippen LogP contribution >= 0.6 is 0 Å². The van der Waals surface area contributed by atoms with Crippen LogP contribution in [0.4, 0.5) is 4.39 Å². The number of nitrogens with one attached hydrogen (secondary N) is 1. The summed E-state index contributed by atoms with van der Waals surface area (Å²) >= 11 is 0. The molecule has 0 saturated carbocycles. The number of likely N-dealkylation sites (tertiary alicyclic amines) is 1. The molecule has 3 aromatic carbocycles. The quantitative estimate of drug-likeness (QED) is 0.348. The van der Waals surface area contributed by atoms with Crippen molar-refractivity contribution >= 4 is 28.6 Å². The predicted molar refractivity (Wildman–Crippen MR) is 153 cm³/mol. The van der Waals surface area contributed by atoms with Crippen molar-refractivity contribution in [1.29, 1.82) is 0 Å². The molecule has 0 unspecified atom stereocenters. The average Bonchev–Trinajstić information content (AvgIpc) is 3.52. The predicted octanol–water partition coefficient (Wildman–Crippen LogP) is 3.28. The molecule has 0 spiro atoms. The van der Waals surface area contributed by atoms with Gasteiger partial charge >= 0.3 is 0 Å². The third kappa shape index (κ3) is 6.15. The molecule has 2 N–H and O–H groups in total. The van der Waals surface area contributed by atoms with E-state index >= 15 is 0 Å². The zero-order valence-electron chi connectivity index (χ0n) is 23.0. The highest BCUT2D eigenvalue weighted by atomic mass is 19.1. The Bertz CT molecular complexity index is 1570. The van der Waals surface area contributed by atoms with Crippen LogP contribution in [0.3, 0.4) is 0 Å². The van der Waals surface area contributed by atoms with Crippen molar-refractivity contribution in [3.63, 3.8) is 0 Å². The number of aliphatic hydroxyl groups excluding tert-OH is 1. The van der Waals surface area contributed by atoms with Gasteiger partial charge in [0, 0.05) is 57.1 Å². The van der Waals surface area contributed by atoms with Gasteiger partial charge in [0.2, 0.25) is 11.8 Å². The minimum atomic E-state index is -1.01. The number of nitrogens with zero attached hydrogens (tertiary/aromatic N) is 3. The van der Waals surface area contributed by atoms with Crippen molar-refractivity contribution in [2.24, 2.45) is 7.05 Å². The Morgan fingerprint density at radius 2 is 1.73 bits per heavy atom. The molecule has 1 aliphatic rings. The Labute approximate surface area is 238 Å². The first kappa shape index (κ1) is 28.0. The molecule has 5 rings (SSSR count). The minimum absolute atomic E-state index is 0.00341. The molecule has 9 heteroatoms. The van der Waals surface area contributed by atoms with Crippen LogP contribution in [0.2, 0.25) is 0 Å². The Hall–Kier alpha value is -4.50. The van der Waals surface area contributed by atoms with Crippen LogP contribution in [-0.2, 0) is 29.6 Å². The number of benzene rings is 3. The van der Waals surface area contributed by atoms with Crippen LogP contribution in [0.25, 0.3) is 10.9 Å². The lowest BCUT2D eigenvalue weighted by atomic mass is 10.0. The Kier molecular flexibility index (Phi) is 8.16. The number of hydrogen-bond acceptors (Lipinski definition) is 4. The van der Waals surface area contributed by atoms with Gasteiger partial charge in [-0.05, 0) is 29.3 Å². The number of rotatable bonds is 8. The molecule has 1 aromatic heterocycles. The van der Waals surface area contributed by atoms with Gasteiger partial charge in [0.05, 0.1) is 11.7 Å². The molecule has 8 nitrogen and oxygen atoms in total. The lowest BCUT2D eigenvalue weighted by Gasteiger charge is -2.28. The summed E-state index contributed by atoms with van der Waals surface area (Å²) in [5.41, 5.74) is 2.78. The highest BCUT2D eigenvalue weighted by Gasteiger charge is 2.41. The van der Waals surface area contributed by atoms with E-state index in [1.54, 1.807) is 25.4 Å². The summed E-state index contributed by atoms with van der Waals surface area (Å²) in [6.45, 7) is 0.319. The normalized spacial score (nSPS) is 17.4. The lowest BCUT2D eigenvalue weighted by Crippen LogP contribution is -2.54. The zero-order chi connectivity index (χ0) is 29.1. The fourth-order valence-electron chi connectivity index (χ4n) is 5.52. The van der Waals surface area contributed by atoms with Gasteiger partial charge in [0.15, 0.2) is 0 Å². The SMILES string of the molecule is CN(Cc1ccccc1)C(=O)[C@H](Cc1cccc(F)c1)NC(=O)[C@@H]1C[C@@H](O)CN1C(=O)c1cn(C)c2ccccc12. The molecule has 3 amide bonds. The molecule has 1 fully saturated rings. The van der Waals surface area contributed by atoms with Crippen LogP contribution in [0.15, 0.2) is 85.1 Å². The molecule has 3 atom stereocenters. The molecular formula is C32H33FN4O4. The Morgan fingerprint density at radius 1 is 1.02 bits per heavy atom. The number of aryl methyl sites for hydroxylation is 1. The first-order valence-corrected chi connectivity index (χ1v) is 13.6. The van der Waals surface area contributed by atoms with Gasteiger partial charge in [-0.15, -0.1) is 0 Å². The first-order valence-electron chi connectivity index (χ1n) is 13.6. The molecule has 1 saturated heterocycles. The van der Waals surface area contributed by atoms with Crippen molar-refractivity contribution in [3.05, 3.63) is 108 Å². The minimum Gasteiger partial charge on any atom is -0.391 e. The molecular weight excluding hydrogens is 523 g/mol. The number of para-hydroxylation sites is 1. The molecule has 0 radical (unpaired) electrons. The maximum Gasteiger partial charge on any atom is 0.256 e. The number of likely N-dealkylation sites (N-methyl/N-ethyl adjacent to an activating group) is 1. The molecule has 212 valence electrons. The van der Waals surface area contributed by atoms with E-state index in [0.717, 1.165) is 16.5 Å². The molecule has 2 heterocycles. The maximum absolute atomic E-state index is 14.0. The van der Waals surface area contributed by atoms with Gasteiger partial charge in [-0.3, -0.25) is 14.4 Å². The maximum atomic E-state index is 14.0. The molecule has 1 aliphatic heterocycles. The summed E-state index contributed by atoms with van der Waals surface area (Å²) in [5.74, 6) is -1.70. The number of β-amino-alcohol motifs (C(OH)–C–C–N with tert-alkyl or cyclic N) is 1. The number of amides is 3. The second kappa shape index (κ2) is 11.9. The number of aromatic nitrogens is 1. The zero-order valence-corrected chi connectivity index (χ0v) is 23.0. The van der Waals surface area contributed by atoms with E-state index in [1.165, 1.54) is 21.9 Å². The Morgan fingerprint density at radius 3 is 2.49 bits per heavy atom. The van der Waals surface area contributed by atoms with E-state index in [0.29, 0.717) is 17.7 Å². The monoisotopic (exact) mass is 556 g/mol. The van der Waals surface area contributed by atoms with Crippen molar-refractivity contribution in [1.82, 2.24) is 19.7 Å². The van der Waals surface area contributed by atoms with Crippen molar-refractivity contribution < 1.29 is 23.9 Å². The van der Waals surface area contributed by atoms with Crippen LogP contribution < -0.4 is 5.32 Å². The molecule has 0 aliphatic carbocycles. The summed E-state index contributed by atoms with van der Waals surface area (Å²) in [5, 5.41) is 14.1. The molecule has 0 bridgehead atoms. The fraction of sp³-hybridized carbons (Fsp3) is 0.281. The largest absolute Gasteiger partial charge is 0.391 e. The van der Waals surface area contributed by atoms with E-state index in [2.05, 4.69) is 5.32 Å². The van der Waals surface area contributed by atoms with Gasteiger partial charge in [0.1, 0.15) is 17.9 Å². The second-order valence-corrected chi connectivity index (χ2v) is 10.6. The summed E-state index contributed by atoms with van der Waals surface area (Å²) in [7, 11) is 3.49. The highest BCUT2D eigenvalue weighted by molar-refractivity contribution is 6.08. The van der Waals surface area contributed by atoms with E-state index in [9.17, 15) is 23.9 Å². The number of carbonyl (C=O) groups excluding carboxylic acids is 3. The molecule has 41 heavy (non-hydrogen) atoms. The smallest absolute Gasteiger partial charge is 0.256 e. The summed E-state index contributed by atoms with van der Waals surface area (Å²) in [6.07, 6.45) is 0.946. The standard InChI is InChI=1S/C32H33FN4O4/c1-35-20-26(25-13-6-7-14-28(25)35)31(40)37-19-24(38)17-29(37)30(39)34-27(16-22-11-8-12-23(33)15-22)32(41)36(2)18-21-9-4-3-5-10-21/h3-15,20,24,27,29,38H,16-19H2,1-2H3,(H,34,39)/t24-,27+,29+/m1/s1. The number of halogens is 1. The third-order valence-corrected chi connectivity index (χ3v) is 7.55. The van der Waals surface area contributed by atoms with Gasteiger partial charge in [0.25, 0.3) is 5.91 Å².